The number of ether oxygens (including phenoxy) is 1. The van der Waals surface area contributed by atoms with E-state index in [1.807, 2.05) is 72.8 Å². The van der Waals surface area contributed by atoms with E-state index in [0.29, 0.717) is 17.1 Å². The molecule has 1 N–H and O–H groups in total. The van der Waals surface area contributed by atoms with E-state index in [9.17, 15) is 15.2 Å². The lowest BCUT2D eigenvalue weighted by Gasteiger charge is -2.26. The van der Waals surface area contributed by atoms with Crippen molar-refractivity contribution in [3.8, 4) is 5.75 Å². The predicted octanol–water partition coefficient (Wildman–Crippen LogP) is 6.85. The fraction of sp³-hybridized carbons (Fsp3) is 0.0769. The molecule has 0 atom stereocenters. The Morgan fingerprint density at radius 3 is 1.97 bits per heavy atom. The maximum Gasteiger partial charge on any atom is 0.269 e. The van der Waals surface area contributed by atoms with Crippen molar-refractivity contribution < 1.29 is 14.8 Å². The molecule has 0 spiro atoms. The van der Waals surface area contributed by atoms with Gasteiger partial charge in [0.05, 0.1) is 17.2 Å². The summed E-state index contributed by atoms with van der Waals surface area (Å²) in [7, 11) is 0. The van der Waals surface area contributed by atoms with Crippen LogP contribution >= 0.6 is 0 Å². The number of anilines is 3. The van der Waals surface area contributed by atoms with Gasteiger partial charge in [-0.15, -0.1) is 5.11 Å². The monoisotopic (exact) mass is 454 g/mol. The smallest absolute Gasteiger partial charge is 0.269 e. The first kappa shape index (κ1) is 22.6. The zero-order chi connectivity index (χ0) is 23.8. The molecule has 8 heteroatoms. The fourth-order valence-corrected chi connectivity index (χ4v) is 3.35. The summed E-state index contributed by atoms with van der Waals surface area (Å²) in [5.41, 5.74) is 3.72. The van der Waals surface area contributed by atoms with Gasteiger partial charge in [0.2, 0.25) is 0 Å². The molecule has 0 amide bonds. The molecule has 4 rings (SSSR count). The molecular weight excluding hydrogens is 432 g/mol. The van der Waals surface area contributed by atoms with Crippen molar-refractivity contribution >= 4 is 34.1 Å². The van der Waals surface area contributed by atoms with Crippen LogP contribution in [0.5, 0.6) is 5.75 Å². The highest BCUT2D eigenvalue weighted by molar-refractivity contribution is 5.78. The molecule has 4 aromatic rings. The number of aliphatic hydroxyl groups excluding tert-OH is 1. The highest BCUT2D eigenvalue weighted by Gasteiger charge is 2.15. The van der Waals surface area contributed by atoms with Crippen LogP contribution in [0.15, 0.2) is 113 Å². The van der Waals surface area contributed by atoms with Gasteiger partial charge in [-0.1, -0.05) is 36.4 Å². The lowest BCUT2D eigenvalue weighted by atomic mass is 10.1. The molecule has 0 heterocycles. The second-order valence-corrected chi connectivity index (χ2v) is 7.20. The van der Waals surface area contributed by atoms with Gasteiger partial charge in [0.25, 0.3) is 5.69 Å². The van der Waals surface area contributed by atoms with Gasteiger partial charge < -0.3 is 14.7 Å². The van der Waals surface area contributed by atoms with Crippen LogP contribution in [0, 0.1) is 10.1 Å². The molecule has 4 aromatic carbocycles. The average molecular weight is 454 g/mol. The van der Waals surface area contributed by atoms with E-state index in [1.165, 1.54) is 24.3 Å². The molecule has 0 saturated heterocycles. The minimum absolute atomic E-state index is 0.0165. The van der Waals surface area contributed by atoms with Crippen LogP contribution in [0.3, 0.4) is 0 Å². The Morgan fingerprint density at radius 2 is 1.41 bits per heavy atom. The van der Waals surface area contributed by atoms with Crippen LogP contribution in [0.25, 0.3) is 0 Å². The molecule has 0 bridgehead atoms. The number of para-hydroxylation sites is 2. The molecule has 0 unspecified atom stereocenters. The second kappa shape index (κ2) is 10.8. The molecule has 0 saturated carbocycles. The van der Waals surface area contributed by atoms with Gasteiger partial charge in [-0.2, -0.15) is 5.11 Å². The van der Waals surface area contributed by atoms with Crippen molar-refractivity contribution in [1.29, 1.82) is 0 Å². The Kier molecular flexibility index (Phi) is 7.22. The number of hydrogen-bond donors (Lipinski definition) is 1. The van der Waals surface area contributed by atoms with Crippen LogP contribution in [-0.2, 0) is 0 Å². The summed E-state index contributed by atoms with van der Waals surface area (Å²) in [6.45, 7) is -0.0512. The quantitative estimate of drug-likeness (QED) is 0.169. The maximum absolute atomic E-state index is 10.8. The van der Waals surface area contributed by atoms with Crippen molar-refractivity contribution in [2.75, 3.05) is 18.1 Å². The lowest BCUT2D eigenvalue weighted by molar-refractivity contribution is -0.384. The van der Waals surface area contributed by atoms with Crippen LogP contribution in [-0.4, -0.2) is 23.2 Å². The van der Waals surface area contributed by atoms with E-state index in [1.54, 1.807) is 6.07 Å². The molecule has 0 aromatic heterocycles. The number of azo groups is 1. The summed E-state index contributed by atoms with van der Waals surface area (Å²) in [5, 5.41) is 28.6. The van der Waals surface area contributed by atoms with E-state index < -0.39 is 4.92 Å². The Balaban J connectivity index is 1.70. The van der Waals surface area contributed by atoms with Crippen molar-refractivity contribution in [3.05, 3.63) is 113 Å². The van der Waals surface area contributed by atoms with Crippen LogP contribution in [0.1, 0.15) is 0 Å². The molecule has 0 aliphatic carbocycles. The number of non-ortho nitro benzene ring substituents is 1. The minimum atomic E-state index is -0.467. The van der Waals surface area contributed by atoms with Gasteiger partial charge in [0.1, 0.15) is 18.0 Å². The Morgan fingerprint density at radius 1 is 0.794 bits per heavy atom. The number of rotatable bonds is 9. The molecule has 0 radical (unpaired) electrons. The summed E-state index contributed by atoms with van der Waals surface area (Å²) >= 11 is 0. The molecule has 0 aliphatic rings. The fourth-order valence-electron chi connectivity index (χ4n) is 3.35. The Hall–Kier alpha value is -4.56. The molecule has 170 valence electrons. The minimum Gasteiger partial charge on any atom is -0.489 e. The van der Waals surface area contributed by atoms with E-state index in [4.69, 9.17) is 4.74 Å². The van der Waals surface area contributed by atoms with E-state index >= 15 is 0 Å². The third-order valence-electron chi connectivity index (χ3n) is 4.91. The highest BCUT2D eigenvalue weighted by atomic mass is 16.6. The first-order valence-corrected chi connectivity index (χ1v) is 10.6. The summed E-state index contributed by atoms with van der Waals surface area (Å²) in [6.07, 6.45) is 0. The predicted molar refractivity (Wildman–Crippen MR) is 131 cm³/mol. The van der Waals surface area contributed by atoms with Gasteiger partial charge in [0, 0.05) is 35.3 Å². The van der Waals surface area contributed by atoms with E-state index in [2.05, 4.69) is 15.1 Å². The lowest BCUT2D eigenvalue weighted by Crippen LogP contribution is -2.10. The van der Waals surface area contributed by atoms with Gasteiger partial charge in [-0.05, 0) is 48.5 Å². The SMILES string of the molecule is O=[N+]([O-])c1ccc(N=Nc2ccc(N(c3ccccc3)c3ccccc3)cc2OCCO)cc1. The number of nitro benzene ring substituents is 1. The number of nitrogens with zero attached hydrogens (tertiary/aromatic N) is 4. The number of hydrogen-bond acceptors (Lipinski definition) is 7. The summed E-state index contributed by atoms with van der Waals surface area (Å²) in [5.74, 6) is 0.453. The zero-order valence-corrected chi connectivity index (χ0v) is 18.2. The molecule has 34 heavy (non-hydrogen) atoms. The first-order chi connectivity index (χ1) is 16.7. The topological polar surface area (TPSA) is 101 Å². The standard InChI is InChI=1S/C26H22N4O4/c31-17-18-34-26-19-24(29(21-7-3-1-4-8-21)22-9-5-2-6-10-22)15-16-25(26)28-27-20-11-13-23(14-12-20)30(32)33/h1-16,19,31H,17-18H2. The van der Waals surface area contributed by atoms with E-state index in [-0.39, 0.29) is 18.9 Å². The van der Waals surface area contributed by atoms with Crippen molar-refractivity contribution in [2.45, 2.75) is 0 Å². The largest absolute Gasteiger partial charge is 0.489 e. The molecule has 8 nitrogen and oxygen atoms in total. The Labute approximate surface area is 196 Å². The van der Waals surface area contributed by atoms with Gasteiger partial charge in [0.15, 0.2) is 0 Å². The number of benzene rings is 4. The summed E-state index contributed by atoms with van der Waals surface area (Å²) in [4.78, 5) is 12.5. The normalized spacial score (nSPS) is 10.9. The first-order valence-electron chi connectivity index (χ1n) is 10.6. The van der Waals surface area contributed by atoms with Crippen molar-refractivity contribution in [3.63, 3.8) is 0 Å². The number of aliphatic hydroxyl groups is 1. The highest BCUT2D eigenvalue weighted by Crippen LogP contribution is 2.39. The van der Waals surface area contributed by atoms with E-state index in [0.717, 1.165) is 17.1 Å². The molecular formula is C26H22N4O4. The second-order valence-electron chi connectivity index (χ2n) is 7.20. The van der Waals surface area contributed by atoms with Crippen LogP contribution < -0.4 is 9.64 Å². The Bertz CT molecular complexity index is 1220. The van der Waals surface area contributed by atoms with Crippen molar-refractivity contribution in [1.82, 2.24) is 0 Å². The van der Waals surface area contributed by atoms with Gasteiger partial charge in [-0.3, -0.25) is 10.1 Å². The third-order valence-corrected chi connectivity index (χ3v) is 4.91. The summed E-state index contributed by atoms with van der Waals surface area (Å²) in [6, 6.07) is 31.2. The van der Waals surface area contributed by atoms with Gasteiger partial charge >= 0.3 is 0 Å². The number of nitro groups is 1. The van der Waals surface area contributed by atoms with Crippen LogP contribution in [0.4, 0.5) is 34.1 Å². The van der Waals surface area contributed by atoms with Gasteiger partial charge in [-0.25, -0.2) is 0 Å². The van der Waals surface area contributed by atoms with Crippen molar-refractivity contribution in [2.24, 2.45) is 10.2 Å². The summed E-state index contributed by atoms with van der Waals surface area (Å²) < 4.78 is 5.77. The van der Waals surface area contributed by atoms with Crippen LogP contribution in [0.2, 0.25) is 0 Å². The third kappa shape index (κ3) is 5.43. The maximum atomic E-state index is 10.8. The molecule has 0 aliphatic heterocycles. The molecule has 0 fully saturated rings. The zero-order valence-electron chi connectivity index (χ0n) is 18.2. The average Bonchev–Trinajstić information content (AvgIpc) is 2.88.